The smallest absolute Gasteiger partial charge is 0.0681 e. The van der Waals surface area contributed by atoms with Gasteiger partial charge < -0.3 is 5.11 Å². The Morgan fingerprint density at radius 3 is 2.62 bits per heavy atom. The van der Waals surface area contributed by atoms with Crippen molar-refractivity contribution in [3.8, 4) is 0 Å². The highest BCUT2D eigenvalue weighted by molar-refractivity contribution is 5.22. The number of aliphatic hydroxyl groups excluding tert-OH is 1. The SMILES string of the molecule is OCc1cccc(CN2CCC2)c1. The molecule has 0 atom stereocenters. The first kappa shape index (κ1) is 8.73. The Kier molecular flexibility index (Phi) is 2.62. The molecular formula is C11H15NO. The van der Waals surface area contributed by atoms with Crippen molar-refractivity contribution < 1.29 is 5.11 Å². The van der Waals surface area contributed by atoms with Gasteiger partial charge in [-0.05, 0) is 30.6 Å². The van der Waals surface area contributed by atoms with E-state index in [0.29, 0.717) is 0 Å². The minimum atomic E-state index is 0.147. The van der Waals surface area contributed by atoms with Crippen molar-refractivity contribution >= 4 is 0 Å². The van der Waals surface area contributed by atoms with Gasteiger partial charge in [-0.1, -0.05) is 24.3 Å². The topological polar surface area (TPSA) is 23.5 Å². The van der Waals surface area contributed by atoms with Crippen LogP contribution in [0.3, 0.4) is 0 Å². The van der Waals surface area contributed by atoms with E-state index in [2.05, 4.69) is 17.0 Å². The third kappa shape index (κ3) is 2.08. The largest absolute Gasteiger partial charge is 0.392 e. The van der Waals surface area contributed by atoms with Crippen LogP contribution in [0.2, 0.25) is 0 Å². The number of hydrogen-bond acceptors (Lipinski definition) is 2. The normalized spacial score (nSPS) is 17.0. The van der Waals surface area contributed by atoms with Gasteiger partial charge in [-0.2, -0.15) is 0 Å². The Balaban J connectivity index is 2.01. The summed E-state index contributed by atoms with van der Waals surface area (Å²) >= 11 is 0. The average Bonchev–Trinajstić information content (AvgIpc) is 2.12. The third-order valence-corrected chi connectivity index (χ3v) is 2.53. The lowest BCUT2D eigenvalue weighted by Gasteiger charge is -2.30. The molecule has 0 aromatic heterocycles. The summed E-state index contributed by atoms with van der Waals surface area (Å²) < 4.78 is 0. The van der Waals surface area contributed by atoms with E-state index in [9.17, 15) is 0 Å². The Morgan fingerprint density at radius 2 is 2.00 bits per heavy atom. The molecule has 1 heterocycles. The second-order valence-corrected chi connectivity index (χ2v) is 3.61. The van der Waals surface area contributed by atoms with Gasteiger partial charge in [0.05, 0.1) is 6.61 Å². The average molecular weight is 177 g/mol. The van der Waals surface area contributed by atoms with Gasteiger partial charge in [0.1, 0.15) is 0 Å². The first-order valence-electron chi connectivity index (χ1n) is 4.79. The standard InChI is InChI=1S/C11H15NO/c13-9-11-4-1-3-10(7-11)8-12-5-2-6-12/h1,3-4,7,13H,2,5-6,8-9H2. The van der Waals surface area contributed by atoms with E-state index in [1.54, 1.807) is 0 Å². The molecule has 0 amide bonds. The summed E-state index contributed by atoms with van der Waals surface area (Å²) in [6, 6.07) is 8.18. The van der Waals surface area contributed by atoms with Crippen molar-refractivity contribution in [2.45, 2.75) is 19.6 Å². The van der Waals surface area contributed by atoms with Gasteiger partial charge in [-0.15, -0.1) is 0 Å². The number of nitrogens with zero attached hydrogens (tertiary/aromatic N) is 1. The van der Waals surface area contributed by atoms with Crippen molar-refractivity contribution in [2.75, 3.05) is 13.1 Å². The summed E-state index contributed by atoms with van der Waals surface area (Å²) in [7, 11) is 0. The van der Waals surface area contributed by atoms with Gasteiger partial charge in [0.2, 0.25) is 0 Å². The van der Waals surface area contributed by atoms with Crippen LogP contribution in [0.1, 0.15) is 17.5 Å². The molecule has 0 spiro atoms. The van der Waals surface area contributed by atoms with E-state index < -0.39 is 0 Å². The highest BCUT2D eigenvalue weighted by Gasteiger charge is 2.13. The maximum absolute atomic E-state index is 8.95. The van der Waals surface area contributed by atoms with Crippen LogP contribution >= 0.6 is 0 Å². The summed E-state index contributed by atoms with van der Waals surface area (Å²) in [5.74, 6) is 0. The van der Waals surface area contributed by atoms with Crippen LogP contribution in [0.25, 0.3) is 0 Å². The Hall–Kier alpha value is -0.860. The number of likely N-dealkylation sites (tertiary alicyclic amines) is 1. The van der Waals surface area contributed by atoms with E-state index in [4.69, 9.17) is 5.11 Å². The lowest BCUT2D eigenvalue weighted by molar-refractivity contribution is 0.172. The zero-order chi connectivity index (χ0) is 9.10. The van der Waals surface area contributed by atoms with Gasteiger partial charge in [0.25, 0.3) is 0 Å². The first-order chi connectivity index (χ1) is 6.38. The molecule has 1 N–H and O–H groups in total. The molecule has 1 saturated heterocycles. The fraction of sp³-hybridized carbons (Fsp3) is 0.455. The second-order valence-electron chi connectivity index (χ2n) is 3.61. The van der Waals surface area contributed by atoms with E-state index in [1.807, 2.05) is 12.1 Å². The van der Waals surface area contributed by atoms with Crippen molar-refractivity contribution in [3.05, 3.63) is 35.4 Å². The summed E-state index contributed by atoms with van der Waals surface area (Å²) in [6.45, 7) is 3.63. The van der Waals surface area contributed by atoms with Crippen molar-refractivity contribution in [1.82, 2.24) is 4.90 Å². The molecule has 2 nitrogen and oxygen atoms in total. The van der Waals surface area contributed by atoms with E-state index in [-0.39, 0.29) is 6.61 Å². The van der Waals surface area contributed by atoms with Crippen LogP contribution in [0, 0.1) is 0 Å². The molecule has 0 radical (unpaired) electrons. The van der Waals surface area contributed by atoms with Crippen LogP contribution in [0.15, 0.2) is 24.3 Å². The Morgan fingerprint density at radius 1 is 1.23 bits per heavy atom. The fourth-order valence-electron chi connectivity index (χ4n) is 1.62. The molecule has 0 saturated carbocycles. The van der Waals surface area contributed by atoms with Crippen LogP contribution in [0.5, 0.6) is 0 Å². The highest BCUT2D eigenvalue weighted by atomic mass is 16.3. The lowest BCUT2D eigenvalue weighted by atomic mass is 10.1. The molecule has 1 aliphatic heterocycles. The zero-order valence-corrected chi connectivity index (χ0v) is 7.74. The monoisotopic (exact) mass is 177 g/mol. The molecule has 13 heavy (non-hydrogen) atoms. The molecule has 2 heteroatoms. The number of benzene rings is 1. The zero-order valence-electron chi connectivity index (χ0n) is 7.74. The van der Waals surface area contributed by atoms with E-state index in [0.717, 1.165) is 12.1 Å². The summed E-state index contributed by atoms with van der Waals surface area (Å²) in [6.07, 6.45) is 1.33. The number of rotatable bonds is 3. The van der Waals surface area contributed by atoms with Crippen LogP contribution in [-0.2, 0) is 13.2 Å². The van der Waals surface area contributed by atoms with Gasteiger partial charge >= 0.3 is 0 Å². The predicted molar refractivity (Wildman–Crippen MR) is 52.3 cm³/mol. The maximum Gasteiger partial charge on any atom is 0.0681 e. The lowest BCUT2D eigenvalue weighted by Crippen LogP contribution is -2.36. The van der Waals surface area contributed by atoms with Gasteiger partial charge in [0, 0.05) is 6.54 Å². The molecule has 70 valence electrons. The van der Waals surface area contributed by atoms with Crippen molar-refractivity contribution in [2.24, 2.45) is 0 Å². The molecule has 0 aliphatic carbocycles. The van der Waals surface area contributed by atoms with Gasteiger partial charge in [0.15, 0.2) is 0 Å². The number of hydrogen-bond donors (Lipinski definition) is 1. The Bertz CT molecular complexity index is 281. The van der Waals surface area contributed by atoms with E-state index in [1.165, 1.54) is 25.1 Å². The quantitative estimate of drug-likeness (QED) is 0.754. The Labute approximate surface area is 78.8 Å². The number of aliphatic hydroxyl groups is 1. The maximum atomic E-state index is 8.95. The summed E-state index contributed by atoms with van der Waals surface area (Å²) in [5, 5.41) is 8.95. The molecule has 1 aromatic carbocycles. The van der Waals surface area contributed by atoms with Crippen LogP contribution < -0.4 is 0 Å². The van der Waals surface area contributed by atoms with Gasteiger partial charge in [-0.25, -0.2) is 0 Å². The molecule has 2 rings (SSSR count). The fourth-order valence-corrected chi connectivity index (χ4v) is 1.62. The molecule has 1 aliphatic rings. The minimum absolute atomic E-state index is 0.147. The molecule has 1 aromatic rings. The third-order valence-electron chi connectivity index (χ3n) is 2.53. The summed E-state index contributed by atoms with van der Waals surface area (Å²) in [5.41, 5.74) is 2.32. The van der Waals surface area contributed by atoms with Crippen molar-refractivity contribution in [3.63, 3.8) is 0 Å². The van der Waals surface area contributed by atoms with Crippen LogP contribution in [-0.4, -0.2) is 23.1 Å². The van der Waals surface area contributed by atoms with Crippen molar-refractivity contribution in [1.29, 1.82) is 0 Å². The summed E-state index contributed by atoms with van der Waals surface area (Å²) in [4.78, 5) is 2.41. The van der Waals surface area contributed by atoms with E-state index >= 15 is 0 Å². The molecular weight excluding hydrogens is 162 g/mol. The minimum Gasteiger partial charge on any atom is -0.392 e. The molecule has 0 bridgehead atoms. The molecule has 1 fully saturated rings. The first-order valence-corrected chi connectivity index (χ1v) is 4.79. The highest BCUT2D eigenvalue weighted by Crippen LogP contribution is 2.13. The predicted octanol–water partition coefficient (Wildman–Crippen LogP) is 1.38. The van der Waals surface area contributed by atoms with Gasteiger partial charge in [-0.3, -0.25) is 4.90 Å². The molecule has 0 unspecified atom stereocenters. The van der Waals surface area contributed by atoms with Crippen LogP contribution in [0.4, 0.5) is 0 Å². The second kappa shape index (κ2) is 3.90.